The molecule has 0 aromatic heterocycles. The minimum Gasteiger partial charge on any atom is -0.462 e. The Balaban J connectivity index is 1.74. The summed E-state index contributed by atoms with van der Waals surface area (Å²) in [6.07, 6.45) is 0.662. The molecule has 3 aliphatic carbocycles. The van der Waals surface area contributed by atoms with Crippen molar-refractivity contribution in [1.29, 1.82) is 0 Å². The Labute approximate surface area is 165 Å². The average molecular weight is 390 g/mol. The largest absolute Gasteiger partial charge is 0.462 e. The first-order valence-corrected chi connectivity index (χ1v) is 10.3. The van der Waals surface area contributed by atoms with Crippen molar-refractivity contribution in [2.75, 3.05) is 0 Å². The Morgan fingerprint density at radius 2 is 1.93 bits per heavy atom. The maximum Gasteiger partial charge on any atom is 0.302 e. The van der Waals surface area contributed by atoms with Crippen LogP contribution in [0.3, 0.4) is 0 Å². The van der Waals surface area contributed by atoms with Crippen LogP contribution < -0.4 is 0 Å². The van der Waals surface area contributed by atoms with Crippen LogP contribution in [0.25, 0.3) is 0 Å². The standard InChI is InChI=1S/C22H30O6/c1-11-13-6-7-15(24)21(5)9-8-17(27-12(2)23)20(3,4)14(21)10-16(25)22(18(11)26)19(13)28-22/h13-14,16-17,19,25H,1,6-10H2,2-5H3/t13?,14-,16?,17+,19?,21?,22?/m1/s1. The number of hydrogen-bond acceptors (Lipinski definition) is 6. The minimum absolute atomic E-state index is 0.152. The Kier molecular flexibility index (Phi) is 4.23. The molecule has 0 spiro atoms. The average Bonchev–Trinajstić information content (AvgIpc) is 3.31. The van der Waals surface area contributed by atoms with E-state index in [1.165, 1.54) is 6.92 Å². The zero-order valence-electron chi connectivity index (χ0n) is 17.1. The molecule has 5 unspecified atom stereocenters. The number of aliphatic hydroxyl groups excluding tert-OH is 1. The van der Waals surface area contributed by atoms with Crippen LogP contribution in [0.5, 0.6) is 0 Å². The maximum atomic E-state index is 13.3. The zero-order valence-corrected chi connectivity index (χ0v) is 17.1. The molecule has 0 radical (unpaired) electrons. The topological polar surface area (TPSA) is 93.2 Å². The third-order valence-corrected chi connectivity index (χ3v) is 8.15. The van der Waals surface area contributed by atoms with Crippen LogP contribution >= 0.6 is 0 Å². The maximum absolute atomic E-state index is 13.3. The summed E-state index contributed by atoms with van der Waals surface area (Å²) >= 11 is 0. The van der Waals surface area contributed by atoms with Crippen LogP contribution in [-0.2, 0) is 23.9 Å². The number of ether oxygens (including phenoxy) is 2. The Hall–Kier alpha value is -1.53. The van der Waals surface area contributed by atoms with Gasteiger partial charge in [0.1, 0.15) is 18.0 Å². The second-order valence-corrected chi connectivity index (χ2v) is 9.93. The van der Waals surface area contributed by atoms with Crippen LogP contribution in [0.15, 0.2) is 12.2 Å². The van der Waals surface area contributed by atoms with E-state index in [0.717, 1.165) is 0 Å². The van der Waals surface area contributed by atoms with Crippen molar-refractivity contribution in [2.45, 2.75) is 83.7 Å². The van der Waals surface area contributed by atoms with Gasteiger partial charge in [0.05, 0.1) is 6.10 Å². The number of carbonyl (C=O) groups excluding carboxylic acids is 3. The molecule has 0 amide bonds. The van der Waals surface area contributed by atoms with E-state index in [9.17, 15) is 19.5 Å². The van der Waals surface area contributed by atoms with Gasteiger partial charge in [-0.05, 0) is 37.2 Å². The van der Waals surface area contributed by atoms with Gasteiger partial charge in [-0.25, -0.2) is 0 Å². The van der Waals surface area contributed by atoms with E-state index in [-0.39, 0.29) is 48.0 Å². The van der Waals surface area contributed by atoms with E-state index in [1.54, 1.807) is 0 Å². The first kappa shape index (κ1) is 19.8. The molecule has 0 aromatic carbocycles. The van der Waals surface area contributed by atoms with Crippen molar-refractivity contribution < 1.29 is 29.0 Å². The number of ketones is 2. The summed E-state index contributed by atoms with van der Waals surface area (Å²) in [6, 6.07) is 0. The summed E-state index contributed by atoms with van der Waals surface area (Å²) in [4.78, 5) is 37.8. The fourth-order valence-corrected chi connectivity index (χ4v) is 6.39. The van der Waals surface area contributed by atoms with Gasteiger partial charge >= 0.3 is 5.97 Å². The van der Waals surface area contributed by atoms with Gasteiger partial charge < -0.3 is 14.6 Å². The fourth-order valence-electron chi connectivity index (χ4n) is 6.39. The van der Waals surface area contributed by atoms with Gasteiger partial charge in [-0.3, -0.25) is 14.4 Å². The summed E-state index contributed by atoms with van der Waals surface area (Å²) in [5, 5.41) is 11.1. The summed E-state index contributed by atoms with van der Waals surface area (Å²) < 4.78 is 11.4. The van der Waals surface area contributed by atoms with Crippen LogP contribution in [0, 0.1) is 22.7 Å². The van der Waals surface area contributed by atoms with Gasteiger partial charge in [0.25, 0.3) is 0 Å². The molecule has 4 rings (SSSR count). The van der Waals surface area contributed by atoms with Crippen LogP contribution in [0.1, 0.15) is 59.8 Å². The first-order valence-electron chi connectivity index (χ1n) is 10.3. The highest BCUT2D eigenvalue weighted by molar-refractivity contribution is 6.08. The van der Waals surface area contributed by atoms with Crippen molar-refractivity contribution >= 4 is 17.5 Å². The highest BCUT2D eigenvalue weighted by atomic mass is 16.6. The normalized spacial score (nSPS) is 47.2. The molecule has 28 heavy (non-hydrogen) atoms. The first-order chi connectivity index (χ1) is 13.0. The summed E-state index contributed by atoms with van der Waals surface area (Å²) in [7, 11) is 0. The summed E-state index contributed by atoms with van der Waals surface area (Å²) in [6.45, 7) is 11.3. The minimum atomic E-state index is -1.19. The molecule has 1 heterocycles. The second kappa shape index (κ2) is 5.99. The van der Waals surface area contributed by atoms with Gasteiger partial charge in [0, 0.05) is 30.1 Å². The molecule has 1 N–H and O–H groups in total. The third kappa shape index (κ3) is 2.43. The second-order valence-electron chi connectivity index (χ2n) is 9.93. The van der Waals surface area contributed by atoms with Gasteiger partial charge in [-0.2, -0.15) is 0 Å². The highest BCUT2D eigenvalue weighted by Crippen LogP contribution is 2.61. The molecule has 7 atom stereocenters. The highest BCUT2D eigenvalue weighted by Gasteiger charge is 2.75. The lowest BCUT2D eigenvalue weighted by molar-refractivity contribution is -0.174. The lowest BCUT2D eigenvalue weighted by atomic mass is 9.51. The van der Waals surface area contributed by atoms with Crippen molar-refractivity contribution in [1.82, 2.24) is 0 Å². The number of Topliss-reactive ketones (excluding diaryl/α,β-unsaturated/α-hetero) is 2. The molecular formula is C22H30O6. The number of aliphatic hydroxyl groups is 1. The monoisotopic (exact) mass is 390 g/mol. The van der Waals surface area contributed by atoms with Crippen LogP contribution in [-0.4, -0.2) is 46.6 Å². The number of esters is 1. The summed E-state index contributed by atoms with van der Waals surface area (Å²) in [5.74, 6) is -0.826. The molecule has 2 bridgehead atoms. The predicted molar refractivity (Wildman–Crippen MR) is 100 cm³/mol. The van der Waals surface area contributed by atoms with Gasteiger partial charge in [0.15, 0.2) is 11.4 Å². The molecule has 6 nitrogen and oxygen atoms in total. The van der Waals surface area contributed by atoms with E-state index in [2.05, 4.69) is 6.58 Å². The molecule has 1 saturated heterocycles. The number of epoxide rings is 1. The van der Waals surface area contributed by atoms with Crippen LogP contribution in [0.4, 0.5) is 0 Å². The molecule has 1 aliphatic heterocycles. The molecule has 3 saturated carbocycles. The van der Waals surface area contributed by atoms with E-state index in [4.69, 9.17) is 9.47 Å². The van der Waals surface area contributed by atoms with Gasteiger partial charge in [-0.1, -0.05) is 27.4 Å². The van der Waals surface area contributed by atoms with E-state index >= 15 is 0 Å². The van der Waals surface area contributed by atoms with Crippen molar-refractivity contribution in [3.8, 4) is 0 Å². The molecule has 154 valence electrons. The number of rotatable bonds is 1. The van der Waals surface area contributed by atoms with Crippen LogP contribution in [0.2, 0.25) is 0 Å². The van der Waals surface area contributed by atoms with Crippen molar-refractivity contribution in [3.05, 3.63) is 12.2 Å². The summed E-state index contributed by atoms with van der Waals surface area (Å²) in [5.41, 5.74) is -1.86. The Morgan fingerprint density at radius 3 is 2.57 bits per heavy atom. The van der Waals surface area contributed by atoms with E-state index in [1.807, 2.05) is 20.8 Å². The molecule has 4 fully saturated rings. The van der Waals surface area contributed by atoms with E-state index < -0.39 is 22.5 Å². The lowest BCUT2D eigenvalue weighted by Crippen LogP contribution is -2.56. The smallest absolute Gasteiger partial charge is 0.302 e. The zero-order chi connectivity index (χ0) is 20.6. The SMILES string of the molecule is C=C1C(=O)C23OC2C1CCC(=O)C1(C)CC[C@H](OC(C)=O)C(C)(C)[C@H]1CC3O. The molecule has 4 aliphatic rings. The van der Waals surface area contributed by atoms with Crippen molar-refractivity contribution in [2.24, 2.45) is 22.7 Å². The number of hydrogen-bond donors (Lipinski definition) is 1. The Morgan fingerprint density at radius 1 is 1.25 bits per heavy atom. The lowest BCUT2D eigenvalue weighted by Gasteiger charge is -2.54. The van der Waals surface area contributed by atoms with Gasteiger partial charge in [0.2, 0.25) is 0 Å². The van der Waals surface area contributed by atoms with E-state index in [0.29, 0.717) is 31.3 Å². The number of carbonyl (C=O) groups is 3. The third-order valence-electron chi connectivity index (χ3n) is 8.15. The molecule has 6 heteroatoms. The number of fused-ring (bicyclic) bond motifs is 1. The molecular weight excluding hydrogens is 360 g/mol. The predicted octanol–water partition coefficient (Wildman–Crippen LogP) is 2.37. The molecule has 0 aromatic rings. The van der Waals surface area contributed by atoms with Gasteiger partial charge in [-0.15, -0.1) is 0 Å². The fraction of sp³-hybridized carbons (Fsp3) is 0.773. The Bertz CT molecular complexity index is 769. The van der Waals surface area contributed by atoms with Crippen molar-refractivity contribution in [3.63, 3.8) is 0 Å². The quantitative estimate of drug-likeness (QED) is 0.420.